The first-order valence-electron chi connectivity index (χ1n) is 44.5. The Morgan fingerprint density at radius 2 is 0.924 bits per heavy atom. The largest absolute Gasteiger partial charge is 0.497 e. The van der Waals surface area contributed by atoms with Crippen molar-refractivity contribution in [3.63, 3.8) is 0 Å². The minimum Gasteiger partial charge on any atom is -0.497 e. The van der Waals surface area contributed by atoms with Crippen LogP contribution in [-0.4, -0.2) is 148 Å². The standard InChI is InChI=1S/C13H18N2O.C12H19NO2.C11H18N2.C11H17NO.C10H13F2NO.C10H16N2.C10H12N2.3C10H15NO/c1-13(2,3)11-7-4-6-10(14-11)12(16)15-8-5-9-15;1-12(2,3)10-6-5-7-11(13-10)15-9-8-14-4;1-11(2,3)9-7-6-8-10(12-9)13(4)5;1-8-6-9(11(2,3)4)12-10(7-8)13-5;1-10(2,3)7-5-4-6-8(13-7)14-9(11)12;2*1-10(2,3)8-6-5-7-9(11-4)12-8;1-10(2,3)9-7-8(12-4)5-6-11-9;1-10(2,3)9-8(12-4)6-5-7-11-9;1-10(2,3)9-5-4-8(7-12)6-11-9/h4,6-7H,5,8-9H2,1-3H3;5-7H,8-9H2,1-4H3;6-8H,1-5H3;6-7H,1-5H3;4-6,9H,1-3H3;5-7H,1-4H3,(H,11,12);5-7H,1-3H3;2*5-7H,1-4H3;4-6,12H,7H2,1-3H3. The number of aromatic nitrogens is 10. The van der Waals surface area contributed by atoms with Gasteiger partial charge in [-0.05, 0) is 115 Å². The third kappa shape index (κ3) is 44.5. The fourth-order valence-corrected chi connectivity index (χ4v) is 10.9. The van der Waals surface area contributed by atoms with Gasteiger partial charge in [0.25, 0.3) is 11.7 Å². The van der Waals surface area contributed by atoms with E-state index in [1.807, 2.05) is 155 Å². The Morgan fingerprint density at radius 1 is 0.458 bits per heavy atom. The van der Waals surface area contributed by atoms with Gasteiger partial charge in [0, 0.05) is 178 Å². The van der Waals surface area contributed by atoms with E-state index in [9.17, 15) is 13.6 Å². The lowest BCUT2D eigenvalue weighted by Gasteiger charge is -2.30. The van der Waals surface area contributed by atoms with Crippen LogP contribution in [0.1, 0.15) is 293 Å². The molecule has 1 amide bonds. The number of carbonyl (C=O) groups is 1. The molecule has 0 bridgehead atoms. The van der Waals surface area contributed by atoms with Crippen molar-refractivity contribution in [2.24, 2.45) is 0 Å². The number of aryl methyl sites for hydroxylation is 1. The number of methoxy groups -OCH3 is 4. The van der Waals surface area contributed by atoms with E-state index in [0.29, 0.717) is 36.5 Å². The topological polar surface area (TPSA) is 244 Å². The summed E-state index contributed by atoms with van der Waals surface area (Å²) >= 11 is 0. The maximum absolute atomic E-state index is 12.0. The van der Waals surface area contributed by atoms with Crippen LogP contribution in [0.3, 0.4) is 0 Å². The predicted molar refractivity (Wildman–Crippen MR) is 534 cm³/mol. The van der Waals surface area contributed by atoms with E-state index < -0.39 is 6.61 Å². The molecule has 10 aromatic rings. The lowest BCUT2D eigenvalue weighted by atomic mass is 9.91. The number of nitrogens with zero attached hydrogens (tertiary/aromatic N) is 13. The number of anilines is 2. The molecule has 24 heteroatoms. The summed E-state index contributed by atoms with van der Waals surface area (Å²) in [5.74, 6) is 5.56. The molecule has 131 heavy (non-hydrogen) atoms. The third-order valence-corrected chi connectivity index (χ3v) is 19.1. The van der Waals surface area contributed by atoms with Gasteiger partial charge in [0.2, 0.25) is 17.6 Å². The predicted octanol–water partition coefficient (Wildman–Crippen LogP) is 24.7. The zero-order valence-electron chi connectivity index (χ0n) is 86.4. The summed E-state index contributed by atoms with van der Waals surface area (Å²) in [5.41, 5.74) is 13.3. The van der Waals surface area contributed by atoms with Gasteiger partial charge in [-0.25, -0.2) is 29.9 Å². The first-order valence-corrected chi connectivity index (χ1v) is 44.5. The summed E-state index contributed by atoms with van der Waals surface area (Å²) in [4.78, 5) is 62.5. The third-order valence-electron chi connectivity index (χ3n) is 19.1. The molecule has 1 aliphatic heterocycles. The molecule has 10 aromatic heterocycles. The van der Waals surface area contributed by atoms with E-state index in [-0.39, 0.29) is 72.5 Å². The zero-order valence-corrected chi connectivity index (χ0v) is 86.4. The van der Waals surface area contributed by atoms with Crippen molar-refractivity contribution >= 4 is 23.4 Å². The number of ether oxygens (including phenoxy) is 6. The molecule has 0 saturated carbocycles. The molecule has 0 aromatic carbocycles. The van der Waals surface area contributed by atoms with Crippen LogP contribution in [0.2, 0.25) is 0 Å². The Kier molecular flexibility index (Phi) is 46.7. The molecule has 0 atom stereocenters. The Hall–Kier alpha value is -11.2. The number of rotatable bonds is 13. The van der Waals surface area contributed by atoms with Crippen molar-refractivity contribution in [2.45, 2.75) is 288 Å². The summed E-state index contributed by atoms with van der Waals surface area (Å²) in [6.07, 6.45) is 6.41. The second-order valence-electron chi connectivity index (χ2n) is 41.8. The summed E-state index contributed by atoms with van der Waals surface area (Å²) in [7, 11) is 12.5. The first-order chi connectivity index (χ1) is 60.5. The normalized spacial score (nSPS) is 12.0. The fourth-order valence-electron chi connectivity index (χ4n) is 10.9. The Bertz CT molecular complexity index is 4990. The van der Waals surface area contributed by atoms with Crippen molar-refractivity contribution in [1.29, 1.82) is 0 Å². The van der Waals surface area contributed by atoms with Crippen LogP contribution in [0.4, 0.5) is 26.2 Å². The lowest BCUT2D eigenvalue weighted by molar-refractivity contribution is -0.0530. The Balaban J connectivity index is 0.000000493. The molecule has 718 valence electrons. The van der Waals surface area contributed by atoms with E-state index in [2.05, 4.69) is 283 Å². The Labute approximate surface area is 786 Å². The highest BCUT2D eigenvalue weighted by molar-refractivity contribution is 5.92. The van der Waals surface area contributed by atoms with E-state index >= 15 is 0 Å². The van der Waals surface area contributed by atoms with Crippen LogP contribution in [-0.2, 0) is 65.5 Å². The van der Waals surface area contributed by atoms with E-state index in [4.69, 9.17) is 35.4 Å². The van der Waals surface area contributed by atoms with Gasteiger partial charge in [0.15, 0.2) is 0 Å². The smallest absolute Gasteiger partial charge is 0.388 e. The maximum atomic E-state index is 12.0. The number of alkyl halides is 2. The van der Waals surface area contributed by atoms with E-state index in [0.717, 1.165) is 105 Å². The van der Waals surface area contributed by atoms with Gasteiger partial charge >= 0.3 is 6.61 Å². The van der Waals surface area contributed by atoms with Crippen molar-refractivity contribution < 1.29 is 47.1 Å². The first kappa shape index (κ1) is 116. The van der Waals surface area contributed by atoms with Gasteiger partial charge in [0.05, 0.1) is 45.9 Å². The van der Waals surface area contributed by atoms with Gasteiger partial charge < -0.3 is 53.5 Å². The molecule has 0 unspecified atom stereocenters. The number of aliphatic hydroxyl groups is 1. The number of hydrogen-bond donors (Lipinski definition) is 2. The van der Waals surface area contributed by atoms with Crippen LogP contribution >= 0.6 is 0 Å². The molecule has 0 spiro atoms. The highest BCUT2D eigenvalue weighted by Crippen LogP contribution is 2.32. The minimum atomic E-state index is -2.82. The quantitative estimate of drug-likeness (QED) is 0.0805. The average Bonchev–Trinajstić information content (AvgIpc) is 0.835. The number of aliphatic hydroxyl groups excluding tert-OH is 1. The summed E-state index contributed by atoms with van der Waals surface area (Å²) in [6.45, 7) is 72.4. The van der Waals surface area contributed by atoms with E-state index in [1.54, 1.807) is 71.3 Å². The summed E-state index contributed by atoms with van der Waals surface area (Å²) in [5, 5.41) is 11.8. The van der Waals surface area contributed by atoms with Crippen LogP contribution in [0.5, 0.6) is 29.1 Å². The molecule has 0 aliphatic carbocycles. The summed E-state index contributed by atoms with van der Waals surface area (Å²) in [6, 6.07) is 49.7. The van der Waals surface area contributed by atoms with Crippen molar-refractivity contribution in [2.75, 3.05) is 86.1 Å². The summed E-state index contributed by atoms with van der Waals surface area (Å²) < 4.78 is 53.8. The molecule has 11 heterocycles. The molecule has 0 radical (unpaired) electrons. The second-order valence-corrected chi connectivity index (χ2v) is 41.8. The number of nitrogens with one attached hydrogen (secondary N) is 1. The minimum absolute atomic E-state index is 0.00869. The highest BCUT2D eigenvalue weighted by Gasteiger charge is 2.27. The molecule has 1 fully saturated rings. The van der Waals surface area contributed by atoms with Crippen LogP contribution in [0.25, 0.3) is 4.85 Å². The zero-order chi connectivity index (χ0) is 99.9. The molecule has 1 aliphatic rings. The van der Waals surface area contributed by atoms with Crippen LogP contribution < -0.4 is 33.9 Å². The number of hydrogen-bond acceptors (Lipinski definition) is 20. The number of pyridine rings is 10. The van der Waals surface area contributed by atoms with Gasteiger partial charge in [-0.3, -0.25) is 19.7 Å². The molecular formula is C107H158F2N14O8. The maximum Gasteiger partial charge on any atom is 0.388 e. The van der Waals surface area contributed by atoms with Crippen molar-refractivity contribution in [1.82, 2.24) is 54.7 Å². The molecule has 1 saturated heterocycles. The number of carbonyl (C=O) groups excluding carboxylic acids is 1. The lowest BCUT2D eigenvalue weighted by Crippen LogP contribution is -2.42. The molecule has 11 rings (SSSR count). The monoisotopic (exact) mass is 1810 g/mol. The van der Waals surface area contributed by atoms with Gasteiger partial charge in [0.1, 0.15) is 41.1 Å². The van der Waals surface area contributed by atoms with Gasteiger partial charge in [-0.15, -0.1) is 4.98 Å². The SMILES string of the molecule is CC(C)(C)c1ccc(CO)cn1.CC(C)(C)c1cccc(C(=O)N2CCC2)n1.CC(C)(C)c1cccc(OC(F)F)n1.CN(C)c1cccc(C(C)(C)C)n1.CNc1cccc(C(C)(C)C)n1.COCCOc1cccc(C(C)(C)C)n1.COc1cc(C)cc(C(C)(C)C)n1.COc1cccnc1C(C)(C)C.COc1ccnc(C(C)(C)C)c1.[C-]#[N+]c1cccc(C(C)(C)C)n1. The molecule has 22 nitrogen and oxygen atoms in total. The van der Waals surface area contributed by atoms with Gasteiger partial charge in [-0.2, -0.15) is 8.78 Å². The molecule has 2 N–H and O–H groups in total. The Morgan fingerprint density at radius 3 is 1.35 bits per heavy atom. The van der Waals surface area contributed by atoms with Crippen molar-refractivity contribution in [3.8, 4) is 29.1 Å². The van der Waals surface area contributed by atoms with Crippen LogP contribution in [0, 0.1) is 13.5 Å². The highest BCUT2D eigenvalue weighted by atomic mass is 19.3. The number of halogens is 2. The van der Waals surface area contributed by atoms with E-state index in [1.165, 1.54) is 11.6 Å². The van der Waals surface area contributed by atoms with Crippen LogP contribution in [0.15, 0.2) is 176 Å². The molecular weight excluding hydrogens is 1650 g/mol. The van der Waals surface area contributed by atoms with Gasteiger partial charge in [-0.1, -0.05) is 257 Å². The number of likely N-dealkylation sites (tertiary alicyclic amines) is 1. The fraction of sp³-hybridized carbons (Fsp3) is 0.514. The number of amides is 1. The second kappa shape index (κ2) is 52.8. The van der Waals surface area contributed by atoms with Crippen molar-refractivity contribution in [3.05, 3.63) is 261 Å². The average molecular weight is 1810 g/mol.